The Labute approximate surface area is 68.9 Å². The number of rotatable bonds is 2. The first-order valence-electron chi connectivity index (χ1n) is 3.21. The highest BCUT2D eigenvalue weighted by Gasteiger charge is 2.06. The Morgan fingerprint density at radius 3 is 2.55 bits per heavy atom. The van der Waals surface area contributed by atoms with Gasteiger partial charge in [0.2, 0.25) is 0 Å². The Hall–Kier alpha value is -0.960. The molecular formula is C8H8O2S. The van der Waals surface area contributed by atoms with Gasteiger partial charge in [-0.15, -0.1) is 11.3 Å². The first-order chi connectivity index (χ1) is 5.15. The number of aldehydes is 1. The number of thiophene rings is 1. The molecule has 58 valence electrons. The lowest BCUT2D eigenvalue weighted by Gasteiger charge is -1.80. The summed E-state index contributed by atoms with van der Waals surface area (Å²) in [5.41, 5.74) is 0.884. The molecule has 0 aliphatic heterocycles. The number of hydrogen-bond acceptors (Lipinski definition) is 3. The van der Waals surface area contributed by atoms with Crippen LogP contribution in [0.3, 0.4) is 0 Å². The van der Waals surface area contributed by atoms with E-state index in [9.17, 15) is 9.59 Å². The molecule has 1 aromatic heterocycles. The van der Waals surface area contributed by atoms with E-state index in [4.69, 9.17) is 0 Å². The van der Waals surface area contributed by atoms with Gasteiger partial charge >= 0.3 is 0 Å². The van der Waals surface area contributed by atoms with Gasteiger partial charge in [-0.05, 0) is 25.5 Å². The topological polar surface area (TPSA) is 34.1 Å². The largest absolute Gasteiger partial charge is 0.297 e. The summed E-state index contributed by atoms with van der Waals surface area (Å²) in [6.45, 7) is 3.33. The van der Waals surface area contributed by atoms with Gasteiger partial charge in [-0.1, -0.05) is 0 Å². The van der Waals surface area contributed by atoms with Crippen molar-refractivity contribution in [2.24, 2.45) is 0 Å². The first kappa shape index (κ1) is 8.14. The van der Waals surface area contributed by atoms with Gasteiger partial charge in [-0.3, -0.25) is 9.59 Å². The second-order valence-corrected chi connectivity index (χ2v) is 3.42. The monoisotopic (exact) mass is 168 g/mol. The van der Waals surface area contributed by atoms with Gasteiger partial charge in [0.05, 0.1) is 9.75 Å². The van der Waals surface area contributed by atoms with Crippen molar-refractivity contribution in [1.29, 1.82) is 0 Å². The molecule has 1 rings (SSSR count). The van der Waals surface area contributed by atoms with E-state index in [2.05, 4.69) is 0 Å². The number of carbonyl (C=O) groups excluding carboxylic acids is 2. The van der Waals surface area contributed by atoms with Crippen LogP contribution in [-0.2, 0) is 0 Å². The molecule has 0 aromatic carbocycles. The maximum Gasteiger partial charge on any atom is 0.169 e. The summed E-state index contributed by atoms with van der Waals surface area (Å²) >= 11 is 1.25. The molecule has 1 aromatic rings. The van der Waals surface area contributed by atoms with Crippen LogP contribution in [0.2, 0.25) is 0 Å². The molecule has 0 unspecified atom stereocenters. The van der Waals surface area contributed by atoms with Crippen molar-refractivity contribution in [2.45, 2.75) is 13.8 Å². The molecule has 0 amide bonds. The first-order valence-corrected chi connectivity index (χ1v) is 4.03. The highest BCUT2D eigenvalue weighted by Crippen LogP contribution is 2.19. The summed E-state index contributed by atoms with van der Waals surface area (Å²) in [6, 6.07) is 1.75. The Balaban J connectivity index is 3.14. The summed E-state index contributed by atoms with van der Waals surface area (Å²) in [4.78, 5) is 22.5. The molecule has 3 heteroatoms. The molecule has 0 aliphatic carbocycles. The van der Waals surface area contributed by atoms with E-state index < -0.39 is 0 Å². The highest BCUT2D eigenvalue weighted by molar-refractivity contribution is 7.15. The van der Waals surface area contributed by atoms with Gasteiger partial charge < -0.3 is 0 Å². The number of hydrogen-bond donors (Lipinski definition) is 0. The zero-order valence-electron chi connectivity index (χ0n) is 6.38. The van der Waals surface area contributed by atoms with Crippen LogP contribution in [0.5, 0.6) is 0 Å². The second kappa shape index (κ2) is 2.96. The number of aryl methyl sites for hydroxylation is 1. The molecule has 0 atom stereocenters. The SMILES string of the molecule is CC(=O)c1cc(C)c(C=O)s1. The minimum absolute atomic E-state index is 0.0196. The van der Waals surface area contributed by atoms with Crippen molar-refractivity contribution in [3.63, 3.8) is 0 Å². The zero-order chi connectivity index (χ0) is 8.43. The molecule has 2 nitrogen and oxygen atoms in total. The van der Waals surface area contributed by atoms with E-state index >= 15 is 0 Å². The summed E-state index contributed by atoms with van der Waals surface area (Å²) in [5.74, 6) is 0.0196. The normalized spacial score (nSPS) is 9.64. The Morgan fingerprint density at radius 2 is 2.27 bits per heavy atom. The van der Waals surface area contributed by atoms with E-state index in [-0.39, 0.29) is 5.78 Å². The van der Waals surface area contributed by atoms with Gasteiger partial charge in [0.1, 0.15) is 0 Å². The Bertz CT molecular complexity index is 299. The van der Waals surface area contributed by atoms with E-state index in [1.165, 1.54) is 18.3 Å². The van der Waals surface area contributed by atoms with Crippen LogP contribution in [0.25, 0.3) is 0 Å². The molecule has 0 fully saturated rings. The van der Waals surface area contributed by atoms with E-state index in [1.807, 2.05) is 6.92 Å². The fourth-order valence-corrected chi connectivity index (χ4v) is 1.67. The standard InChI is InChI=1S/C8H8O2S/c1-5-3-7(6(2)10)11-8(5)4-9/h3-4H,1-2H3. The molecular weight excluding hydrogens is 160 g/mol. The average molecular weight is 168 g/mol. The maximum atomic E-state index is 10.8. The fourth-order valence-electron chi connectivity index (χ4n) is 0.787. The average Bonchev–Trinajstić information content (AvgIpc) is 2.31. The van der Waals surface area contributed by atoms with Gasteiger partial charge in [0.25, 0.3) is 0 Å². The molecule has 0 radical (unpaired) electrons. The van der Waals surface area contributed by atoms with Crippen LogP contribution in [0, 0.1) is 6.92 Å². The maximum absolute atomic E-state index is 10.8. The van der Waals surface area contributed by atoms with E-state index in [1.54, 1.807) is 6.07 Å². The summed E-state index contributed by atoms with van der Waals surface area (Å²) in [5, 5.41) is 0. The Kier molecular flexibility index (Phi) is 2.19. The van der Waals surface area contributed by atoms with Crippen LogP contribution < -0.4 is 0 Å². The van der Waals surface area contributed by atoms with Crippen molar-refractivity contribution < 1.29 is 9.59 Å². The second-order valence-electron chi connectivity index (χ2n) is 2.33. The third-order valence-corrected chi connectivity index (χ3v) is 2.67. The van der Waals surface area contributed by atoms with Crippen LogP contribution >= 0.6 is 11.3 Å². The minimum Gasteiger partial charge on any atom is -0.297 e. The van der Waals surface area contributed by atoms with Crippen molar-refractivity contribution >= 4 is 23.4 Å². The number of carbonyl (C=O) groups is 2. The molecule has 0 N–H and O–H groups in total. The van der Waals surface area contributed by atoms with Crippen LogP contribution in [0.15, 0.2) is 6.07 Å². The van der Waals surface area contributed by atoms with Crippen molar-refractivity contribution in [3.05, 3.63) is 21.4 Å². The van der Waals surface area contributed by atoms with Gasteiger partial charge in [0, 0.05) is 0 Å². The zero-order valence-corrected chi connectivity index (χ0v) is 7.20. The smallest absolute Gasteiger partial charge is 0.169 e. The highest BCUT2D eigenvalue weighted by atomic mass is 32.1. The molecule has 0 bridgehead atoms. The number of Topliss-reactive ketones (excluding diaryl/α,β-unsaturated/α-hetero) is 1. The van der Waals surface area contributed by atoms with Crippen molar-refractivity contribution in [3.8, 4) is 0 Å². The molecule has 0 saturated carbocycles. The molecule has 11 heavy (non-hydrogen) atoms. The molecule has 0 saturated heterocycles. The predicted octanol–water partition coefficient (Wildman–Crippen LogP) is 2.07. The van der Waals surface area contributed by atoms with Crippen LogP contribution in [-0.4, -0.2) is 12.1 Å². The van der Waals surface area contributed by atoms with Crippen LogP contribution in [0.1, 0.15) is 31.8 Å². The quantitative estimate of drug-likeness (QED) is 0.500. The number of ketones is 1. The molecule has 1 heterocycles. The molecule has 0 aliphatic rings. The lowest BCUT2D eigenvalue weighted by molar-refractivity contribution is 0.102. The van der Waals surface area contributed by atoms with Crippen molar-refractivity contribution in [1.82, 2.24) is 0 Å². The third-order valence-electron chi connectivity index (χ3n) is 1.41. The minimum atomic E-state index is 0.0196. The van der Waals surface area contributed by atoms with Gasteiger partial charge in [-0.25, -0.2) is 0 Å². The summed E-state index contributed by atoms with van der Waals surface area (Å²) in [6.07, 6.45) is 0.784. The summed E-state index contributed by atoms with van der Waals surface area (Å²) in [7, 11) is 0. The lowest BCUT2D eigenvalue weighted by Crippen LogP contribution is -1.83. The van der Waals surface area contributed by atoms with E-state index in [0.717, 1.165) is 11.8 Å². The van der Waals surface area contributed by atoms with Crippen molar-refractivity contribution in [2.75, 3.05) is 0 Å². The third kappa shape index (κ3) is 1.54. The van der Waals surface area contributed by atoms with Gasteiger partial charge in [0.15, 0.2) is 12.1 Å². The fraction of sp³-hybridized carbons (Fsp3) is 0.250. The van der Waals surface area contributed by atoms with Gasteiger partial charge in [-0.2, -0.15) is 0 Å². The lowest BCUT2D eigenvalue weighted by atomic mass is 10.2. The predicted molar refractivity (Wildman–Crippen MR) is 44.4 cm³/mol. The Morgan fingerprint density at radius 1 is 1.64 bits per heavy atom. The molecule has 0 spiro atoms. The van der Waals surface area contributed by atoms with Crippen LogP contribution in [0.4, 0.5) is 0 Å². The summed E-state index contributed by atoms with van der Waals surface area (Å²) < 4.78 is 0. The van der Waals surface area contributed by atoms with E-state index in [0.29, 0.717) is 9.75 Å².